The van der Waals surface area contributed by atoms with Crippen molar-refractivity contribution in [2.75, 3.05) is 6.26 Å². The van der Waals surface area contributed by atoms with E-state index in [1.54, 1.807) is 0 Å². The normalized spacial score (nSPS) is 12.0. The molecule has 0 N–H and O–H groups in total. The van der Waals surface area contributed by atoms with Crippen LogP contribution in [0.5, 0.6) is 11.5 Å². The minimum Gasteiger partial charge on any atom is -0.450 e. The molecule has 2 aromatic carbocycles. The van der Waals surface area contributed by atoms with Crippen LogP contribution >= 0.6 is 0 Å². The molecule has 0 unspecified atom stereocenters. The number of alkyl halides is 3. The summed E-state index contributed by atoms with van der Waals surface area (Å²) in [5.41, 5.74) is -1.65. The average molecular weight is 361 g/mol. The first-order valence-corrected chi connectivity index (χ1v) is 8.21. The van der Waals surface area contributed by atoms with Crippen molar-refractivity contribution in [1.82, 2.24) is 0 Å². The van der Waals surface area contributed by atoms with E-state index in [4.69, 9.17) is 4.74 Å². The fourth-order valence-corrected chi connectivity index (χ4v) is 2.46. The number of sulfone groups is 1. The lowest BCUT2D eigenvalue weighted by Crippen LogP contribution is -2.04. The molecule has 10 heteroatoms. The van der Waals surface area contributed by atoms with Crippen LogP contribution in [0.1, 0.15) is 5.56 Å². The van der Waals surface area contributed by atoms with E-state index in [1.807, 2.05) is 0 Å². The Morgan fingerprint density at radius 3 is 2.33 bits per heavy atom. The van der Waals surface area contributed by atoms with Crippen LogP contribution in [0, 0.1) is 10.1 Å². The van der Waals surface area contributed by atoms with Crippen LogP contribution < -0.4 is 4.74 Å². The lowest BCUT2D eigenvalue weighted by atomic mass is 10.2. The molecule has 0 radical (unpaired) electrons. The Bertz CT molecular complexity index is 894. The molecule has 0 fully saturated rings. The number of ether oxygens (including phenoxy) is 1. The van der Waals surface area contributed by atoms with Gasteiger partial charge in [0, 0.05) is 12.3 Å². The van der Waals surface area contributed by atoms with Crippen molar-refractivity contribution in [2.45, 2.75) is 11.1 Å². The van der Waals surface area contributed by atoms with E-state index in [9.17, 15) is 31.7 Å². The topological polar surface area (TPSA) is 86.5 Å². The summed E-state index contributed by atoms with van der Waals surface area (Å²) in [5, 5.41) is 11.1. The number of hydrogen-bond donors (Lipinski definition) is 0. The van der Waals surface area contributed by atoms with Crippen LogP contribution in [0.25, 0.3) is 0 Å². The standard InChI is InChI=1S/C14H10F3NO5S/c1-24(21,22)11-5-6-13(12(8-11)18(19)20)23-10-4-2-3-9(7-10)14(15,16)17/h2-8H,1H3. The number of nitrogens with zero attached hydrogens (tertiary/aromatic N) is 1. The molecular weight excluding hydrogens is 351 g/mol. The van der Waals surface area contributed by atoms with Gasteiger partial charge in [0.2, 0.25) is 5.75 Å². The Morgan fingerprint density at radius 1 is 1.12 bits per heavy atom. The molecule has 0 aliphatic carbocycles. The van der Waals surface area contributed by atoms with E-state index in [2.05, 4.69) is 0 Å². The van der Waals surface area contributed by atoms with Gasteiger partial charge in [0.05, 0.1) is 15.4 Å². The van der Waals surface area contributed by atoms with Gasteiger partial charge in [0.1, 0.15) is 5.75 Å². The molecule has 0 aliphatic rings. The number of rotatable bonds is 4. The minimum atomic E-state index is -4.59. The maximum absolute atomic E-state index is 12.7. The first-order chi connectivity index (χ1) is 11.0. The van der Waals surface area contributed by atoms with E-state index < -0.39 is 32.2 Å². The molecular formula is C14H10F3NO5S. The van der Waals surface area contributed by atoms with Crippen molar-refractivity contribution in [3.05, 3.63) is 58.1 Å². The van der Waals surface area contributed by atoms with Crippen molar-refractivity contribution in [2.24, 2.45) is 0 Å². The molecule has 0 heterocycles. The van der Waals surface area contributed by atoms with Crippen molar-refractivity contribution >= 4 is 15.5 Å². The van der Waals surface area contributed by atoms with Crippen LogP contribution in [0.2, 0.25) is 0 Å². The molecule has 0 saturated carbocycles. The summed E-state index contributed by atoms with van der Waals surface area (Å²) >= 11 is 0. The number of nitro benzene ring substituents is 1. The molecule has 0 aromatic heterocycles. The SMILES string of the molecule is CS(=O)(=O)c1ccc(Oc2cccc(C(F)(F)F)c2)c([N+](=O)[O-])c1. The summed E-state index contributed by atoms with van der Waals surface area (Å²) in [4.78, 5) is 9.89. The van der Waals surface area contributed by atoms with Gasteiger partial charge in [-0.3, -0.25) is 10.1 Å². The summed E-state index contributed by atoms with van der Waals surface area (Å²) in [7, 11) is -3.68. The molecule has 128 valence electrons. The van der Waals surface area contributed by atoms with E-state index >= 15 is 0 Å². The van der Waals surface area contributed by atoms with Crippen LogP contribution in [-0.2, 0) is 16.0 Å². The van der Waals surface area contributed by atoms with Crippen molar-refractivity contribution in [3.63, 3.8) is 0 Å². The van der Waals surface area contributed by atoms with Crippen LogP contribution in [0.3, 0.4) is 0 Å². The number of nitro groups is 1. The van der Waals surface area contributed by atoms with Gasteiger partial charge >= 0.3 is 11.9 Å². The fourth-order valence-electron chi connectivity index (χ4n) is 1.82. The minimum absolute atomic E-state index is 0.264. The highest BCUT2D eigenvalue weighted by atomic mass is 32.2. The van der Waals surface area contributed by atoms with E-state index in [0.717, 1.165) is 36.6 Å². The largest absolute Gasteiger partial charge is 0.450 e. The van der Waals surface area contributed by atoms with Gasteiger partial charge in [0.25, 0.3) is 0 Å². The first kappa shape index (κ1) is 17.7. The Kier molecular flexibility index (Phi) is 4.52. The molecule has 6 nitrogen and oxygen atoms in total. The molecule has 0 amide bonds. The molecule has 24 heavy (non-hydrogen) atoms. The van der Waals surface area contributed by atoms with Gasteiger partial charge < -0.3 is 4.74 Å². The number of halogens is 3. The van der Waals surface area contributed by atoms with Crippen LogP contribution in [-0.4, -0.2) is 19.6 Å². The highest BCUT2D eigenvalue weighted by Gasteiger charge is 2.31. The third-order valence-corrected chi connectivity index (χ3v) is 4.05. The van der Waals surface area contributed by atoms with Crippen molar-refractivity contribution < 1.29 is 31.2 Å². The zero-order valence-corrected chi connectivity index (χ0v) is 12.9. The van der Waals surface area contributed by atoms with E-state index in [-0.39, 0.29) is 16.4 Å². The number of benzene rings is 2. The molecule has 2 aromatic rings. The third kappa shape index (κ3) is 4.02. The lowest BCUT2D eigenvalue weighted by Gasteiger charge is -2.10. The Morgan fingerprint density at radius 2 is 1.79 bits per heavy atom. The highest BCUT2D eigenvalue weighted by molar-refractivity contribution is 7.90. The second kappa shape index (κ2) is 6.11. The first-order valence-electron chi connectivity index (χ1n) is 6.32. The van der Waals surface area contributed by atoms with Gasteiger partial charge in [-0.25, -0.2) is 8.42 Å². The maximum atomic E-state index is 12.7. The van der Waals surface area contributed by atoms with Gasteiger partial charge in [-0.05, 0) is 30.3 Å². The van der Waals surface area contributed by atoms with Crippen LogP contribution in [0.4, 0.5) is 18.9 Å². The Hall–Kier alpha value is -2.62. The van der Waals surface area contributed by atoms with E-state index in [0.29, 0.717) is 6.07 Å². The summed E-state index contributed by atoms with van der Waals surface area (Å²) in [6.45, 7) is 0. The third-order valence-electron chi connectivity index (χ3n) is 2.94. The molecule has 0 bridgehead atoms. The predicted octanol–water partition coefficient (Wildman–Crippen LogP) is 3.81. The molecule has 0 atom stereocenters. The highest BCUT2D eigenvalue weighted by Crippen LogP contribution is 2.36. The summed E-state index contributed by atoms with van der Waals surface area (Å²) < 4.78 is 66.0. The number of hydrogen-bond acceptors (Lipinski definition) is 5. The van der Waals surface area contributed by atoms with Crippen molar-refractivity contribution in [3.8, 4) is 11.5 Å². The molecule has 0 saturated heterocycles. The molecule has 0 spiro atoms. The smallest absolute Gasteiger partial charge is 0.416 e. The van der Waals surface area contributed by atoms with Gasteiger partial charge in [-0.2, -0.15) is 13.2 Å². The Labute approximate surface area is 134 Å². The summed E-state index contributed by atoms with van der Waals surface area (Å²) in [5.74, 6) is -0.633. The van der Waals surface area contributed by atoms with Gasteiger partial charge in [-0.15, -0.1) is 0 Å². The zero-order valence-electron chi connectivity index (χ0n) is 12.1. The Balaban J connectivity index is 2.45. The van der Waals surface area contributed by atoms with Crippen molar-refractivity contribution in [1.29, 1.82) is 0 Å². The maximum Gasteiger partial charge on any atom is 0.416 e. The fraction of sp³-hybridized carbons (Fsp3) is 0.143. The van der Waals surface area contributed by atoms with Crippen LogP contribution in [0.15, 0.2) is 47.4 Å². The quantitative estimate of drug-likeness (QED) is 0.610. The lowest BCUT2D eigenvalue weighted by molar-refractivity contribution is -0.385. The van der Waals surface area contributed by atoms with Gasteiger partial charge in [-0.1, -0.05) is 6.07 Å². The second-order valence-electron chi connectivity index (χ2n) is 4.79. The summed E-state index contributed by atoms with van der Waals surface area (Å²) in [6, 6.07) is 6.69. The van der Waals surface area contributed by atoms with Gasteiger partial charge in [0.15, 0.2) is 9.84 Å². The molecule has 2 rings (SSSR count). The van der Waals surface area contributed by atoms with E-state index in [1.165, 1.54) is 6.07 Å². The second-order valence-corrected chi connectivity index (χ2v) is 6.80. The monoisotopic (exact) mass is 361 g/mol. The molecule has 0 aliphatic heterocycles. The zero-order chi connectivity index (χ0) is 18.1. The summed E-state index contributed by atoms with van der Waals surface area (Å²) in [6.07, 6.45) is -3.72. The predicted molar refractivity (Wildman–Crippen MR) is 77.7 cm³/mol. The average Bonchev–Trinajstić information content (AvgIpc) is 2.45.